The highest BCUT2D eigenvalue weighted by Gasteiger charge is 2.52. The van der Waals surface area contributed by atoms with Gasteiger partial charge in [0.15, 0.2) is 0 Å². The van der Waals surface area contributed by atoms with Gasteiger partial charge in [0.05, 0.1) is 16.8 Å². The van der Waals surface area contributed by atoms with Gasteiger partial charge in [-0.2, -0.15) is 0 Å². The van der Waals surface area contributed by atoms with Crippen LogP contribution in [0, 0.1) is 0 Å². The lowest BCUT2D eigenvalue weighted by atomic mass is 9.67. The molecule has 1 fully saturated rings. The maximum atomic E-state index is 2.73. The van der Waals surface area contributed by atoms with Crippen LogP contribution in [0.4, 0.5) is 17.1 Å². The standard InChI is InChI=1S/C75H51N/c1-16-41-74(42-17-1)66-30-12-8-27-60(66)62-29-18-34-71(73(62)74)76(50-38-40-57-55-23-5-4-21-53(55)54-22-6-7-24-56(54)64(57)44-50)72-46-70-65(45-63(72)49-37-39-52-48(43-49)36-35-47-19-2-3-20-51(47)52)61-28-11-15-33-69(61)75(70)67-31-13-9-25-58(67)59-26-10-14-32-68(59)75/h2-15,18-40,43-46H,1,16-17,41-42H2. The van der Waals surface area contributed by atoms with Crippen LogP contribution in [0.15, 0.2) is 249 Å². The zero-order chi connectivity index (χ0) is 49.7. The molecule has 2 spiro atoms. The summed E-state index contributed by atoms with van der Waals surface area (Å²) in [7, 11) is 0. The Hall–Kier alpha value is -9.04. The molecular formula is C75H51N. The Bertz CT molecular complexity index is 4560. The van der Waals surface area contributed by atoms with Gasteiger partial charge in [-0.3, -0.25) is 0 Å². The highest BCUT2D eigenvalue weighted by Crippen LogP contribution is 2.66. The summed E-state index contributed by atoms with van der Waals surface area (Å²) >= 11 is 0. The number of hydrogen-bond acceptors (Lipinski definition) is 1. The Kier molecular flexibility index (Phi) is 8.77. The minimum Gasteiger partial charge on any atom is -0.310 e. The third-order valence-electron chi connectivity index (χ3n) is 18.6. The lowest BCUT2D eigenvalue weighted by molar-refractivity contribution is 0.353. The van der Waals surface area contributed by atoms with E-state index in [-0.39, 0.29) is 5.41 Å². The minimum absolute atomic E-state index is 0.111. The van der Waals surface area contributed by atoms with Crippen molar-refractivity contribution in [3.63, 3.8) is 0 Å². The van der Waals surface area contributed by atoms with Crippen molar-refractivity contribution in [2.24, 2.45) is 0 Å². The second kappa shape index (κ2) is 15.7. The van der Waals surface area contributed by atoms with Crippen molar-refractivity contribution < 1.29 is 0 Å². The molecule has 0 bridgehead atoms. The Morgan fingerprint density at radius 1 is 0.276 bits per heavy atom. The topological polar surface area (TPSA) is 3.24 Å². The van der Waals surface area contributed by atoms with Crippen LogP contribution in [0.2, 0.25) is 0 Å². The van der Waals surface area contributed by atoms with Crippen LogP contribution in [0.3, 0.4) is 0 Å². The average molecular weight is 966 g/mol. The normalized spacial score (nSPS) is 15.1. The van der Waals surface area contributed by atoms with Gasteiger partial charge >= 0.3 is 0 Å². The molecule has 17 rings (SSSR count). The second-order valence-electron chi connectivity index (χ2n) is 22.1. The molecule has 0 saturated heterocycles. The Labute approximate surface area is 443 Å². The van der Waals surface area contributed by atoms with Crippen molar-refractivity contribution in [2.75, 3.05) is 4.90 Å². The van der Waals surface area contributed by atoms with Gasteiger partial charge in [-0.1, -0.05) is 232 Å². The van der Waals surface area contributed by atoms with E-state index in [1.807, 2.05) is 0 Å². The van der Waals surface area contributed by atoms with Gasteiger partial charge in [0.1, 0.15) is 0 Å². The number of benzene rings is 13. The Morgan fingerprint density at radius 3 is 1.45 bits per heavy atom. The molecule has 0 aliphatic heterocycles. The molecule has 13 aromatic carbocycles. The van der Waals surface area contributed by atoms with Gasteiger partial charge in [0.25, 0.3) is 0 Å². The number of fused-ring (bicyclic) bond motifs is 24. The van der Waals surface area contributed by atoms with Crippen molar-refractivity contribution in [3.05, 3.63) is 282 Å². The van der Waals surface area contributed by atoms with E-state index in [1.54, 1.807) is 0 Å². The predicted octanol–water partition coefficient (Wildman–Crippen LogP) is 20.2. The second-order valence-corrected chi connectivity index (χ2v) is 22.1. The van der Waals surface area contributed by atoms with Crippen molar-refractivity contribution in [2.45, 2.75) is 42.9 Å². The van der Waals surface area contributed by atoms with E-state index in [0.29, 0.717) is 0 Å². The fourth-order valence-electron chi connectivity index (χ4n) is 15.6. The van der Waals surface area contributed by atoms with Gasteiger partial charge in [0, 0.05) is 16.7 Å². The van der Waals surface area contributed by atoms with Gasteiger partial charge in [0.2, 0.25) is 0 Å². The lowest BCUT2D eigenvalue weighted by Gasteiger charge is -2.40. The van der Waals surface area contributed by atoms with E-state index in [2.05, 4.69) is 254 Å². The van der Waals surface area contributed by atoms with Crippen LogP contribution in [0.5, 0.6) is 0 Å². The van der Waals surface area contributed by atoms with E-state index in [1.165, 1.54) is 162 Å². The lowest BCUT2D eigenvalue weighted by Crippen LogP contribution is -2.30. The molecule has 76 heavy (non-hydrogen) atoms. The van der Waals surface area contributed by atoms with Crippen molar-refractivity contribution in [1.29, 1.82) is 0 Å². The molecule has 1 nitrogen and oxygen atoms in total. The predicted molar refractivity (Wildman–Crippen MR) is 320 cm³/mol. The molecule has 356 valence electrons. The van der Waals surface area contributed by atoms with Crippen LogP contribution >= 0.6 is 0 Å². The molecule has 0 N–H and O–H groups in total. The van der Waals surface area contributed by atoms with Crippen molar-refractivity contribution in [1.82, 2.24) is 0 Å². The third kappa shape index (κ3) is 5.54. The molecule has 1 saturated carbocycles. The highest BCUT2D eigenvalue weighted by atomic mass is 15.2. The van der Waals surface area contributed by atoms with Crippen LogP contribution in [-0.2, 0) is 10.8 Å². The Balaban J connectivity index is 1.04. The third-order valence-corrected chi connectivity index (χ3v) is 18.6. The summed E-state index contributed by atoms with van der Waals surface area (Å²) in [4.78, 5) is 2.73. The van der Waals surface area contributed by atoms with E-state index in [4.69, 9.17) is 0 Å². The summed E-state index contributed by atoms with van der Waals surface area (Å²) in [6, 6.07) is 95.8. The highest BCUT2D eigenvalue weighted by molar-refractivity contribution is 6.26. The summed E-state index contributed by atoms with van der Waals surface area (Å²) in [5, 5.41) is 12.7. The van der Waals surface area contributed by atoms with Gasteiger partial charge in [-0.15, -0.1) is 0 Å². The zero-order valence-corrected chi connectivity index (χ0v) is 42.2. The van der Waals surface area contributed by atoms with E-state index in [0.717, 1.165) is 18.5 Å². The first kappa shape index (κ1) is 42.3. The average Bonchev–Trinajstić information content (AvgIpc) is 4.22. The van der Waals surface area contributed by atoms with Crippen LogP contribution in [0.25, 0.3) is 98.4 Å². The molecule has 0 aromatic heterocycles. The van der Waals surface area contributed by atoms with E-state index in [9.17, 15) is 0 Å². The summed E-state index contributed by atoms with van der Waals surface area (Å²) in [5.41, 5.74) is 21.8. The largest absolute Gasteiger partial charge is 0.310 e. The number of anilines is 3. The number of hydrogen-bond donors (Lipinski definition) is 0. The molecule has 0 radical (unpaired) electrons. The fourth-order valence-corrected chi connectivity index (χ4v) is 15.6. The first-order chi connectivity index (χ1) is 37.7. The van der Waals surface area contributed by atoms with Gasteiger partial charge in [-0.05, 0) is 175 Å². The van der Waals surface area contributed by atoms with Crippen LogP contribution in [0.1, 0.15) is 65.5 Å². The summed E-state index contributed by atoms with van der Waals surface area (Å²) in [6.45, 7) is 0. The number of nitrogens with zero attached hydrogens (tertiary/aromatic N) is 1. The summed E-state index contributed by atoms with van der Waals surface area (Å²) in [5.74, 6) is 0. The molecule has 4 aliphatic carbocycles. The van der Waals surface area contributed by atoms with E-state index >= 15 is 0 Å². The molecular weight excluding hydrogens is 915 g/mol. The molecule has 1 heteroatoms. The maximum absolute atomic E-state index is 2.73. The summed E-state index contributed by atoms with van der Waals surface area (Å²) < 4.78 is 0. The maximum Gasteiger partial charge on any atom is 0.0726 e. The molecule has 0 heterocycles. The van der Waals surface area contributed by atoms with Crippen molar-refractivity contribution >= 4 is 70.9 Å². The SMILES string of the molecule is c1ccc2c(c1)-c1cccc(N(c3ccc4c5ccccc5c5ccccc5c4c3)c3cc4c(cc3-c3ccc5c(ccc6ccccc65)c3)-c3ccccc3C43c4ccccc4-c4ccccc43)c1C21CCCCC1. The Morgan fingerprint density at radius 2 is 0.776 bits per heavy atom. The number of rotatable bonds is 4. The fraction of sp³-hybridized carbons (Fsp3) is 0.0933. The quantitative estimate of drug-likeness (QED) is 0.159. The smallest absolute Gasteiger partial charge is 0.0726 e. The molecule has 4 aliphatic rings. The molecule has 0 amide bonds. The van der Waals surface area contributed by atoms with Crippen LogP contribution < -0.4 is 4.90 Å². The van der Waals surface area contributed by atoms with Crippen LogP contribution in [-0.4, -0.2) is 0 Å². The van der Waals surface area contributed by atoms with Gasteiger partial charge in [-0.25, -0.2) is 0 Å². The first-order valence-electron chi connectivity index (χ1n) is 27.5. The minimum atomic E-state index is -0.529. The van der Waals surface area contributed by atoms with E-state index < -0.39 is 5.41 Å². The van der Waals surface area contributed by atoms with Crippen molar-refractivity contribution in [3.8, 4) is 44.5 Å². The molecule has 13 aromatic rings. The molecule has 0 atom stereocenters. The monoisotopic (exact) mass is 965 g/mol. The van der Waals surface area contributed by atoms with Gasteiger partial charge < -0.3 is 4.90 Å². The summed E-state index contributed by atoms with van der Waals surface area (Å²) in [6.07, 6.45) is 5.98. The molecule has 0 unspecified atom stereocenters. The first-order valence-corrected chi connectivity index (χ1v) is 27.5. The zero-order valence-electron chi connectivity index (χ0n) is 42.2.